The van der Waals surface area contributed by atoms with E-state index in [9.17, 15) is 10.2 Å². The largest absolute Gasteiger partial charge is 0.393 e. The molecular formula is C40H82O3. The zero-order chi connectivity index (χ0) is 31.3. The van der Waals surface area contributed by atoms with Crippen LogP contribution in [0.15, 0.2) is 0 Å². The van der Waals surface area contributed by atoms with Crippen molar-refractivity contribution in [3.63, 3.8) is 0 Å². The van der Waals surface area contributed by atoms with Gasteiger partial charge in [0.1, 0.15) is 0 Å². The van der Waals surface area contributed by atoms with Crippen LogP contribution in [0.2, 0.25) is 0 Å². The molecule has 43 heavy (non-hydrogen) atoms. The minimum Gasteiger partial charge on any atom is -0.393 e. The predicted molar refractivity (Wildman–Crippen MR) is 191 cm³/mol. The van der Waals surface area contributed by atoms with Gasteiger partial charge in [-0.05, 0) is 25.7 Å². The molecule has 0 aliphatic heterocycles. The zero-order valence-corrected chi connectivity index (χ0v) is 29.9. The van der Waals surface area contributed by atoms with Crippen molar-refractivity contribution in [1.29, 1.82) is 0 Å². The summed E-state index contributed by atoms with van der Waals surface area (Å²) in [5, 5.41) is 20.5. The van der Waals surface area contributed by atoms with E-state index in [1.807, 2.05) is 0 Å². The van der Waals surface area contributed by atoms with Gasteiger partial charge in [0.25, 0.3) is 0 Å². The number of aliphatic hydroxyl groups is 2. The maximum atomic E-state index is 10.2. The van der Waals surface area contributed by atoms with Crippen LogP contribution >= 0.6 is 0 Å². The highest BCUT2D eigenvalue weighted by Gasteiger charge is 2.07. The molecule has 0 rings (SSSR count). The monoisotopic (exact) mass is 611 g/mol. The third kappa shape index (κ3) is 38.0. The van der Waals surface area contributed by atoms with Crippen LogP contribution in [-0.2, 0) is 4.74 Å². The van der Waals surface area contributed by atoms with E-state index < -0.39 is 0 Å². The molecule has 0 aromatic heterocycles. The molecule has 0 heterocycles. The van der Waals surface area contributed by atoms with Crippen LogP contribution in [0, 0.1) is 0 Å². The second kappa shape index (κ2) is 38.1. The second-order valence-electron chi connectivity index (χ2n) is 14.0. The zero-order valence-electron chi connectivity index (χ0n) is 29.9. The van der Waals surface area contributed by atoms with Gasteiger partial charge in [-0.2, -0.15) is 0 Å². The van der Waals surface area contributed by atoms with Crippen LogP contribution in [0.5, 0.6) is 0 Å². The Morgan fingerprint density at radius 3 is 0.744 bits per heavy atom. The summed E-state index contributed by atoms with van der Waals surface area (Å²) in [5.41, 5.74) is 0. The maximum absolute atomic E-state index is 10.2. The molecule has 3 nitrogen and oxygen atoms in total. The van der Waals surface area contributed by atoms with Crippen molar-refractivity contribution in [3.05, 3.63) is 0 Å². The molecule has 0 radical (unpaired) electrons. The van der Waals surface area contributed by atoms with Crippen molar-refractivity contribution in [1.82, 2.24) is 0 Å². The summed E-state index contributed by atoms with van der Waals surface area (Å²) in [5.74, 6) is 0. The lowest BCUT2D eigenvalue weighted by Gasteiger charge is -2.13. The van der Waals surface area contributed by atoms with Gasteiger partial charge in [0.15, 0.2) is 0 Å². The van der Waals surface area contributed by atoms with Crippen LogP contribution in [-0.4, -0.2) is 35.6 Å². The fraction of sp³-hybridized carbons (Fsp3) is 1.00. The number of hydrogen-bond donors (Lipinski definition) is 2. The molecule has 0 aromatic rings. The fourth-order valence-electron chi connectivity index (χ4n) is 6.33. The normalized spacial score (nSPS) is 13.1. The smallest absolute Gasteiger partial charge is 0.0562 e. The topological polar surface area (TPSA) is 49.7 Å². The molecule has 3 heteroatoms. The molecular weight excluding hydrogens is 528 g/mol. The molecule has 0 amide bonds. The predicted octanol–water partition coefficient (Wildman–Crippen LogP) is 13.0. The van der Waals surface area contributed by atoms with Crippen LogP contribution < -0.4 is 0 Å². The standard InChI is InChI=1S/C40H82O3/c1-3-5-7-9-11-13-15-17-19-21-23-25-27-29-31-33-39(41)35-37-43-38-36-40(42)34-32-30-28-26-24-22-20-18-16-14-12-10-8-6-4-2/h39-42H,3-38H2,1-2H3. The average molecular weight is 611 g/mol. The summed E-state index contributed by atoms with van der Waals surface area (Å²) in [4.78, 5) is 0. The van der Waals surface area contributed by atoms with Crippen molar-refractivity contribution in [2.45, 2.75) is 244 Å². The van der Waals surface area contributed by atoms with Gasteiger partial charge in [-0.15, -0.1) is 0 Å². The van der Waals surface area contributed by atoms with E-state index in [-0.39, 0.29) is 12.2 Å². The Labute approximate surface area is 272 Å². The lowest BCUT2D eigenvalue weighted by molar-refractivity contribution is 0.0522. The van der Waals surface area contributed by atoms with Gasteiger partial charge in [-0.25, -0.2) is 0 Å². The molecule has 0 saturated heterocycles. The first-order valence-corrected chi connectivity index (χ1v) is 20.1. The highest BCUT2D eigenvalue weighted by atomic mass is 16.5. The SMILES string of the molecule is CCCCCCCCCCCCCCCCCC(O)CCOCCC(O)CCCCCCCCCCCCCCCCC. The molecule has 2 unspecified atom stereocenters. The fourth-order valence-corrected chi connectivity index (χ4v) is 6.33. The Bertz CT molecular complexity index is 440. The summed E-state index contributed by atoms with van der Waals surface area (Å²) in [6.07, 6.45) is 44.2. The van der Waals surface area contributed by atoms with Gasteiger partial charge in [-0.3, -0.25) is 0 Å². The van der Waals surface area contributed by atoms with E-state index in [0.717, 1.165) is 38.5 Å². The van der Waals surface area contributed by atoms with Gasteiger partial charge in [0, 0.05) is 13.2 Å². The average Bonchev–Trinajstić information content (AvgIpc) is 3.00. The molecule has 260 valence electrons. The third-order valence-corrected chi connectivity index (χ3v) is 9.47. The Hall–Kier alpha value is -0.120. The molecule has 0 bridgehead atoms. The summed E-state index contributed by atoms with van der Waals surface area (Å²) in [7, 11) is 0. The van der Waals surface area contributed by atoms with Gasteiger partial charge >= 0.3 is 0 Å². The Balaban J connectivity index is 3.24. The summed E-state index contributed by atoms with van der Waals surface area (Å²) < 4.78 is 5.71. The summed E-state index contributed by atoms with van der Waals surface area (Å²) in [6, 6.07) is 0. The quantitative estimate of drug-likeness (QED) is 0.0684. The number of rotatable bonds is 38. The maximum Gasteiger partial charge on any atom is 0.0562 e. The van der Waals surface area contributed by atoms with E-state index in [1.54, 1.807) is 0 Å². The van der Waals surface area contributed by atoms with E-state index in [1.165, 1.54) is 180 Å². The van der Waals surface area contributed by atoms with E-state index in [4.69, 9.17) is 4.74 Å². The molecule has 0 saturated carbocycles. The first kappa shape index (κ1) is 42.9. The second-order valence-corrected chi connectivity index (χ2v) is 14.0. The molecule has 0 aromatic carbocycles. The number of aliphatic hydroxyl groups excluding tert-OH is 2. The van der Waals surface area contributed by atoms with Crippen LogP contribution in [0.3, 0.4) is 0 Å². The van der Waals surface area contributed by atoms with Crippen molar-refractivity contribution < 1.29 is 14.9 Å². The van der Waals surface area contributed by atoms with Gasteiger partial charge < -0.3 is 14.9 Å². The molecule has 2 atom stereocenters. The molecule has 2 N–H and O–H groups in total. The van der Waals surface area contributed by atoms with Crippen LogP contribution in [0.4, 0.5) is 0 Å². The van der Waals surface area contributed by atoms with Crippen molar-refractivity contribution in [2.24, 2.45) is 0 Å². The number of ether oxygens (including phenoxy) is 1. The third-order valence-electron chi connectivity index (χ3n) is 9.47. The van der Waals surface area contributed by atoms with E-state index in [2.05, 4.69) is 13.8 Å². The Kier molecular flexibility index (Phi) is 38.0. The van der Waals surface area contributed by atoms with Gasteiger partial charge in [0.2, 0.25) is 0 Å². The Morgan fingerprint density at radius 1 is 0.302 bits per heavy atom. The summed E-state index contributed by atoms with van der Waals surface area (Å²) in [6.45, 7) is 5.81. The molecule has 0 fully saturated rings. The molecule has 0 aliphatic carbocycles. The minimum absolute atomic E-state index is 0.229. The van der Waals surface area contributed by atoms with Crippen molar-refractivity contribution >= 4 is 0 Å². The highest BCUT2D eigenvalue weighted by molar-refractivity contribution is 4.59. The summed E-state index contributed by atoms with van der Waals surface area (Å²) >= 11 is 0. The lowest BCUT2D eigenvalue weighted by Crippen LogP contribution is -2.14. The number of hydrogen-bond acceptors (Lipinski definition) is 3. The first-order chi connectivity index (χ1) is 21.2. The molecule has 0 aliphatic rings. The van der Waals surface area contributed by atoms with E-state index >= 15 is 0 Å². The minimum atomic E-state index is -0.229. The Morgan fingerprint density at radius 2 is 0.512 bits per heavy atom. The van der Waals surface area contributed by atoms with E-state index in [0.29, 0.717) is 13.2 Å². The molecule has 0 spiro atoms. The van der Waals surface area contributed by atoms with Crippen molar-refractivity contribution in [3.8, 4) is 0 Å². The first-order valence-electron chi connectivity index (χ1n) is 20.1. The highest BCUT2D eigenvalue weighted by Crippen LogP contribution is 2.16. The van der Waals surface area contributed by atoms with Gasteiger partial charge in [0.05, 0.1) is 12.2 Å². The lowest BCUT2D eigenvalue weighted by atomic mass is 10.0. The van der Waals surface area contributed by atoms with Crippen LogP contribution in [0.1, 0.15) is 232 Å². The number of unbranched alkanes of at least 4 members (excludes halogenated alkanes) is 28. The van der Waals surface area contributed by atoms with Crippen molar-refractivity contribution in [2.75, 3.05) is 13.2 Å². The van der Waals surface area contributed by atoms with Gasteiger partial charge in [-0.1, -0.05) is 206 Å². The van der Waals surface area contributed by atoms with Crippen LogP contribution in [0.25, 0.3) is 0 Å².